The van der Waals surface area contributed by atoms with Gasteiger partial charge in [0.1, 0.15) is 30.5 Å². The van der Waals surface area contributed by atoms with E-state index in [0.29, 0.717) is 41.8 Å². The van der Waals surface area contributed by atoms with Crippen LogP contribution in [0.25, 0.3) is 5.76 Å². The molecule has 0 aliphatic carbocycles. The van der Waals surface area contributed by atoms with Crippen molar-refractivity contribution < 1.29 is 38.4 Å². The molecule has 1 saturated heterocycles. The molecule has 9 nitrogen and oxygen atoms in total. The van der Waals surface area contributed by atoms with Crippen molar-refractivity contribution >= 4 is 17.4 Å². The highest BCUT2D eigenvalue weighted by Gasteiger charge is 2.46. The van der Waals surface area contributed by atoms with Crippen LogP contribution in [-0.4, -0.2) is 69.4 Å². The summed E-state index contributed by atoms with van der Waals surface area (Å²) in [6.07, 6.45) is 0. The van der Waals surface area contributed by atoms with Gasteiger partial charge in [-0.15, -0.1) is 0 Å². The number of methoxy groups -OCH3 is 3. The summed E-state index contributed by atoms with van der Waals surface area (Å²) in [6.45, 7) is 1.22. The maximum atomic E-state index is 13.1. The van der Waals surface area contributed by atoms with Crippen LogP contribution < -0.4 is 18.9 Å². The summed E-state index contributed by atoms with van der Waals surface area (Å²) in [5.74, 6) is 0.0620. The summed E-state index contributed by atoms with van der Waals surface area (Å²) >= 11 is 0. The number of rotatable bonds is 7. The van der Waals surface area contributed by atoms with Crippen molar-refractivity contribution in [2.75, 3.05) is 47.7 Å². The van der Waals surface area contributed by atoms with Gasteiger partial charge in [-0.1, -0.05) is 6.07 Å². The molecular formula is C24H25NO8. The number of likely N-dealkylation sites (tertiary alicyclic amines) is 1. The first-order chi connectivity index (χ1) is 16.0. The first kappa shape index (κ1) is 22.5. The van der Waals surface area contributed by atoms with Gasteiger partial charge in [0.05, 0.1) is 38.0 Å². The Bertz CT molecular complexity index is 1110. The van der Waals surface area contributed by atoms with Crippen molar-refractivity contribution in [3.63, 3.8) is 0 Å². The molecule has 2 heterocycles. The maximum absolute atomic E-state index is 13.1. The average Bonchev–Trinajstić information content (AvgIpc) is 3.11. The molecule has 2 aromatic rings. The van der Waals surface area contributed by atoms with Crippen LogP contribution in [0.3, 0.4) is 0 Å². The van der Waals surface area contributed by atoms with Gasteiger partial charge in [-0.05, 0) is 29.8 Å². The van der Waals surface area contributed by atoms with E-state index in [2.05, 4.69) is 0 Å². The fourth-order valence-corrected chi connectivity index (χ4v) is 4.02. The number of hydrogen-bond donors (Lipinski definition) is 1. The van der Waals surface area contributed by atoms with Crippen LogP contribution in [0.4, 0.5) is 0 Å². The van der Waals surface area contributed by atoms with Crippen molar-refractivity contribution in [2.24, 2.45) is 0 Å². The van der Waals surface area contributed by atoms with Crippen LogP contribution in [0.15, 0.2) is 42.0 Å². The van der Waals surface area contributed by atoms with E-state index in [1.54, 1.807) is 36.4 Å². The van der Waals surface area contributed by atoms with E-state index in [1.807, 2.05) is 0 Å². The average molecular weight is 455 g/mol. The van der Waals surface area contributed by atoms with Crippen LogP contribution >= 0.6 is 0 Å². The lowest BCUT2D eigenvalue weighted by atomic mass is 9.94. The van der Waals surface area contributed by atoms with E-state index < -0.39 is 17.7 Å². The summed E-state index contributed by atoms with van der Waals surface area (Å²) in [5.41, 5.74) is 0.824. The van der Waals surface area contributed by atoms with Gasteiger partial charge in [0.25, 0.3) is 11.7 Å². The number of carbonyl (C=O) groups excluding carboxylic acids is 2. The first-order valence-electron chi connectivity index (χ1n) is 10.4. The van der Waals surface area contributed by atoms with E-state index >= 15 is 0 Å². The number of hydrogen-bond acceptors (Lipinski definition) is 8. The van der Waals surface area contributed by atoms with Crippen molar-refractivity contribution in [3.8, 4) is 23.0 Å². The number of benzene rings is 2. The number of amides is 1. The molecule has 0 saturated carbocycles. The highest BCUT2D eigenvalue weighted by Crippen LogP contribution is 2.43. The molecule has 0 spiro atoms. The van der Waals surface area contributed by atoms with E-state index in [-0.39, 0.29) is 30.0 Å². The Labute approximate surface area is 191 Å². The Morgan fingerprint density at radius 2 is 1.79 bits per heavy atom. The SMILES string of the molecule is COCCN1C(=O)C(=O)/C(=C(\O)c2ccc(OC)cc2OC)C1c1ccc2c(c1)OCCO2. The molecule has 174 valence electrons. The van der Waals surface area contributed by atoms with Crippen molar-refractivity contribution in [1.82, 2.24) is 4.90 Å². The third kappa shape index (κ3) is 4.07. The van der Waals surface area contributed by atoms with Gasteiger partial charge in [-0.3, -0.25) is 9.59 Å². The topological polar surface area (TPSA) is 104 Å². The number of fused-ring (bicyclic) bond motifs is 1. The summed E-state index contributed by atoms with van der Waals surface area (Å²) in [6, 6.07) is 9.17. The Balaban J connectivity index is 1.87. The van der Waals surface area contributed by atoms with E-state index in [0.717, 1.165) is 0 Å². The second kappa shape index (κ2) is 9.41. The molecular weight excluding hydrogens is 430 g/mol. The van der Waals surface area contributed by atoms with E-state index in [4.69, 9.17) is 23.7 Å². The van der Waals surface area contributed by atoms with Gasteiger partial charge in [0, 0.05) is 19.7 Å². The van der Waals surface area contributed by atoms with Gasteiger partial charge in [0.15, 0.2) is 11.5 Å². The van der Waals surface area contributed by atoms with Gasteiger partial charge in [-0.2, -0.15) is 0 Å². The fourth-order valence-electron chi connectivity index (χ4n) is 4.02. The predicted octanol–water partition coefficient (Wildman–Crippen LogP) is 2.54. The van der Waals surface area contributed by atoms with E-state index in [1.165, 1.54) is 26.2 Å². The quantitative estimate of drug-likeness (QED) is 0.386. The number of aliphatic hydroxyl groups excluding tert-OH is 1. The molecule has 2 aliphatic rings. The fraction of sp³-hybridized carbons (Fsp3) is 0.333. The molecule has 0 bridgehead atoms. The Morgan fingerprint density at radius 1 is 1.03 bits per heavy atom. The van der Waals surface area contributed by atoms with Crippen LogP contribution in [0.5, 0.6) is 23.0 Å². The summed E-state index contributed by atoms with van der Waals surface area (Å²) in [7, 11) is 4.47. The van der Waals surface area contributed by atoms with Crippen molar-refractivity contribution in [2.45, 2.75) is 6.04 Å². The molecule has 1 fully saturated rings. The van der Waals surface area contributed by atoms with Crippen LogP contribution in [0.1, 0.15) is 17.2 Å². The lowest BCUT2D eigenvalue weighted by molar-refractivity contribution is -0.140. The molecule has 0 aromatic heterocycles. The number of nitrogens with zero attached hydrogens (tertiary/aromatic N) is 1. The molecule has 9 heteroatoms. The van der Waals surface area contributed by atoms with Gasteiger partial charge >= 0.3 is 0 Å². The molecule has 2 aromatic carbocycles. The van der Waals surface area contributed by atoms with Gasteiger partial charge in [0.2, 0.25) is 0 Å². The van der Waals surface area contributed by atoms with Crippen LogP contribution in [-0.2, 0) is 14.3 Å². The molecule has 1 unspecified atom stereocenters. The standard InChI is InChI=1S/C24H25NO8/c1-29-9-8-25-21(14-4-7-17-19(12-14)33-11-10-32-17)20(23(27)24(25)28)22(26)16-6-5-15(30-2)13-18(16)31-3/h4-7,12-13,21,26H,8-11H2,1-3H3/b22-20-. The minimum atomic E-state index is -0.845. The number of Topliss-reactive ketones (excluding diaryl/α,β-unsaturated/α-hetero) is 1. The molecule has 0 radical (unpaired) electrons. The molecule has 1 N–H and O–H groups in total. The number of carbonyl (C=O) groups is 2. The normalized spacial score (nSPS) is 19.0. The Hall–Kier alpha value is -3.72. The minimum Gasteiger partial charge on any atom is -0.507 e. The molecule has 33 heavy (non-hydrogen) atoms. The summed E-state index contributed by atoms with van der Waals surface area (Å²) in [4.78, 5) is 27.5. The second-order valence-corrected chi connectivity index (χ2v) is 7.45. The lowest BCUT2D eigenvalue weighted by Gasteiger charge is -2.26. The Kier molecular flexibility index (Phi) is 6.41. The highest BCUT2D eigenvalue weighted by molar-refractivity contribution is 6.46. The van der Waals surface area contributed by atoms with Gasteiger partial charge < -0.3 is 33.7 Å². The molecule has 2 aliphatic heterocycles. The first-order valence-corrected chi connectivity index (χ1v) is 10.4. The molecule has 1 atom stereocenters. The maximum Gasteiger partial charge on any atom is 0.295 e. The lowest BCUT2D eigenvalue weighted by Crippen LogP contribution is -2.32. The molecule has 1 amide bonds. The summed E-state index contributed by atoms with van der Waals surface area (Å²) in [5, 5.41) is 11.3. The molecule has 4 rings (SSSR count). The Morgan fingerprint density at radius 3 is 2.48 bits per heavy atom. The zero-order valence-corrected chi connectivity index (χ0v) is 18.6. The number of aliphatic hydroxyl groups is 1. The van der Waals surface area contributed by atoms with Gasteiger partial charge in [-0.25, -0.2) is 0 Å². The van der Waals surface area contributed by atoms with Crippen LogP contribution in [0, 0.1) is 0 Å². The zero-order valence-electron chi connectivity index (χ0n) is 18.6. The van der Waals surface area contributed by atoms with Crippen LogP contribution in [0.2, 0.25) is 0 Å². The minimum absolute atomic E-state index is 0.0451. The number of ether oxygens (including phenoxy) is 5. The largest absolute Gasteiger partial charge is 0.507 e. The smallest absolute Gasteiger partial charge is 0.295 e. The monoisotopic (exact) mass is 455 g/mol. The zero-order chi connectivity index (χ0) is 23.5. The number of ketones is 1. The second-order valence-electron chi connectivity index (χ2n) is 7.45. The highest BCUT2D eigenvalue weighted by atomic mass is 16.6. The summed E-state index contributed by atoms with van der Waals surface area (Å²) < 4.78 is 27.0. The van der Waals surface area contributed by atoms with E-state index in [9.17, 15) is 14.7 Å². The third-order valence-electron chi connectivity index (χ3n) is 5.62. The van der Waals surface area contributed by atoms with Crippen molar-refractivity contribution in [1.29, 1.82) is 0 Å². The van der Waals surface area contributed by atoms with Crippen molar-refractivity contribution in [3.05, 3.63) is 53.1 Å². The predicted molar refractivity (Wildman–Crippen MR) is 118 cm³/mol. The third-order valence-corrected chi connectivity index (χ3v) is 5.62.